The van der Waals surface area contributed by atoms with E-state index in [1.54, 1.807) is 23.1 Å². The fourth-order valence-corrected chi connectivity index (χ4v) is 3.74. The normalized spacial score (nSPS) is 14.7. The third-order valence-electron chi connectivity index (χ3n) is 5.37. The second-order valence-electron chi connectivity index (χ2n) is 7.97. The molecule has 0 aromatic heterocycles. The highest BCUT2D eigenvalue weighted by atomic mass is 19.4. The van der Waals surface area contributed by atoms with E-state index in [2.05, 4.69) is 10.6 Å². The highest BCUT2D eigenvalue weighted by molar-refractivity contribution is 6.06. The minimum Gasteiger partial charge on any atom is -0.377 e. The molecule has 5 nitrogen and oxygen atoms in total. The van der Waals surface area contributed by atoms with Crippen molar-refractivity contribution in [3.05, 3.63) is 59.2 Å². The molecule has 0 bridgehead atoms. The van der Waals surface area contributed by atoms with Gasteiger partial charge >= 0.3 is 6.18 Å². The van der Waals surface area contributed by atoms with E-state index < -0.39 is 17.6 Å². The van der Waals surface area contributed by atoms with Gasteiger partial charge in [-0.3, -0.25) is 9.59 Å². The molecule has 2 aromatic carbocycles. The highest BCUT2D eigenvalue weighted by Gasteiger charge is 2.31. The number of rotatable bonds is 5. The Hall–Kier alpha value is -3.03. The Morgan fingerprint density at radius 3 is 2.32 bits per heavy atom. The lowest BCUT2D eigenvalue weighted by atomic mass is 9.95. The summed E-state index contributed by atoms with van der Waals surface area (Å²) in [6.07, 6.45) is 0.682. The molecule has 8 heteroatoms. The van der Waals surface area contributed by atoms with Crippen LogP contribution in [0.3, 0.4) is 0 Å². The van der Waals surface area contributed by atoms with E-state index in [4.69, 9.17) is 0 Å². The number of hydrogen-bond donors (Lipinski definition) is 2. The molecular formula is C23H26F3N3O2. The third kappa shape index (κ3) is 5.77. The zero-order valence-corrected chi connectivity index (χ0v) is 17.6. The number of amides is 2. The van der Waals surface area contributed by atoms with Gasteiger partial charge in [0.25, 0.3) is 11.8 Å². The van der Waals surface area contributed by atoms with Crippen molar-refractivity contribution < 1.29 is 22.8 Å². The van der Waals surface area contributed by atoms with E-state index in [0.717, 1.165) is 37.8 Å². The number of alkyl halides is 3. The molecule has 0 radical (unpaired) electrons. The monoisotopic (exact) mass is 433 g/mol. The molecule has 0 unspecified atom stereocenters. The number of halogens is 3. The number of carbonyl (C=O) groups is 2. The third-order valence-corrected chi connectivity index (χ3v) is 5.37. The predicted molar refractivity (Wildman–Crippen MR) is 115 cm³/mol. The first-order valence-electron chi connectivity index (χ1n) is 10.3. The van der Waals surface area contributed by atoms with Crippen LogP contribution in [0.15, 0.2) is 42.5 Å². The summed E-state index contributed by atoms with van der Waals surface area (Å²) in [5, 5.41) is 5.66. The molecule has 0 heterocycles. The minimum atomic E-state index is -4.53. The Morgan fingerprint density at radius 2 is 1.68 bits per heavy atom. The minimum absolute atomic E-state index is 0.111. The molecule has 0 aliphatic heterocycles. The summed E-state index contributed by atoms with van der Waals surface area (Å²) in [5.41, 5.74) is 0.417. The lowest BCUT2D eigenvalue weighted by Crippen LogP contribution is -2.36. The number of nitrogens with zero attached hydrogens (tertiary/aromatic N) is 1. The van der Waals surface area contributed by atoms with Gasteiger partial charge in [0.05, 0.1) is 11.1 Å². The van der Waals surface area contributed by atoms with E-state index in [9.17, 15) is 22.8 Å². The van der Waals surface area contributed by atoms with Crippen LogP contribution in [0.5, 0.6) is 0 Å². The summed E-state index contributed by atoms with van der Waals surface area (Å²) in [4.78, 5) is 27.2. The molecular weight excluding hydrogens is 407 g/mol. The van der Waals surface area contributed by atoms with E-state index in [1.165, 1.54) is 18.6 Å². The Balaban J connectivity index is 1.81. The van der Waals surface area contributed by atoms with Crippen molar-refractivity contribution in [2.24, 2.45) is 0 Å². The Labute approximate surface area is 179 Å². The van der Waals surface area contributed by atoms with Gasteiger partial charge in [-0.25, -0.2) is 0 Å². The molecule has 0 spiro atoms. The first-order chi connectivity index (χ1) is 14.6. The fourth-order valence-electron chi connectivity index (χ4n) is 3.74. The van der Waals surface area contributed by atoms with Crippen LogP contribution in [0, 0.1) is 0 Å². The fraction of sp³-hybridized carbons (Fsp3) is 0.391. The van der Waals surface area contributed by atoms with Gasteiger partial charge in [0, 0.05) is 37.1 Å². The first-order valence-corrected chi connectivity index (χ1v) is 10.3. The van der Waals surface area contributed by atoms with Crippen LogP contribution >= 0.6 is 0 Å². The van der Waals surface area contributed by atoms with Crippen molar-refractivity contribution in [3.8, 4) is 0 Å². The topological polar surface area (TPSA) is 61.4 Å². The molecule has 0 atom stereocenters. The summed E-state index contributed by atoms with van der Waals surface area (Å²) in [6.45, 7) is 0. The predicted octanol–water partition coefficient (Wildman–Crippen LogP) is 5.09. The second kappa shape index (κ2) is 9.41. The molecule has 1 aliphatic rings. The molecule has 1 saturated carbocycles. The van der Waals surface area contributed by atoms with Crippen LogP contribution in [0.4, 0.5) is 24.5 Å². The van der Waals surface area contributed by atoms with Crippen LogP contribution in [-0.2, 0) is 6.18 Å². The van der Waals surface area contributed by atoms with Gasteiger partial charge in [0.1, 0.15) is 0 Å². The first kappa shape index (κ1) is 22.7. The molecule has 2 N–H and O–H groups in total. The molecule has 166 valence electrons. The maximum atomic E-state index is 12.9. The van der Waals surface area contributed by atoms with E-state index in [1.807, 2.05) is 14.1 Å². The van der Waals surface area contributed by atoms with Gasteiger partial charge in [0.2, 0.25) is 0 Å². The molecule has 0 saturated heterocycles. The maximum absolute atomic E-state index is 12.9. The second-order valence-corrected chi connectivity index (χ2v) is 7.97. The van der Waals surface area contributed by atoms with Crippen LogP contribution in [-0.4, -0.2) is 32.0 Å². The zero-order valence-electron chi connectivity index (χ0n) is 17.6. The Kier molecular flexibility index (Phi) is 6.87. The summed E-state index contributed by atoms with van der Waals surface area (Å²) >= 11 is 0. The molecule has 2 amide bonds. The number of anilines is 2. The lowest BCUT2D eigenvalue weighted by Gasteiger charge is -2.24. The SMILES string of the molecule is CN(C)c1ccc(NC(=O)c2cccc(C(F)(F)F)c2)cc1C(=O)NC1CCCCC1. The average Bonchev–Trinajstić information content (AvgIpc) is 2.73. The zero-order chi connectivity index (χ0) is 22.6. The van der Waals surface area contributed by atoms with Gasteiger partial charge in [-0.15, -0.1) is 0 Å². The van der Waals surface area contributed by atoms with Crippen LogP contribution in [0.1, 0.15) is 58.4 Å². The van der Waals surface area contributed by atoms with Gasteiger partial charge in [-0.2, -0.15) is 13.2 Å². The van der Waals surface area contributed by atoms with E-state index in [-0.39, 0.29) is 17.5 Å². The number of hydrogen-bond acceptors (Lipinski definition) is 3. The van der Waals surface area contributed by atoms with Crippen molar-refractivity contribution >= 4 is 23.2 Å². The Morgan fingerprint density at radius 1 is 0.968 bits per heavy atom. The highest BCUT2D eigenvalue weighted by Crippen LogP contribution is 2.30. The Bertz CT molecular complexity index is 951. The van der Waals surface area contributed by atoms with E-state index >= 15 is 0 Å². The molecule has 1 aliphatic carbocycles. The lowest BCUT2D eigenvalue weighted by molar-refractivity contribution is -0.137. The van der Waals surface area contributed by atoms with Crippen LogP contribution in [0.2, 0.25) is 0 Å². The van der Waals surface area contributed by atoms with Crippen molar-refractivity contribution in [2.45, 2.75) is 44.3 Å². The summed E-state index contributed by atoms with van der Waals surface area (Å²) in [6, 6.07) is 9.23. The standard InChI is InChI=1S/C23H26F3N3O2/c1-29(2)20-12-11-18(14-19(20)22(31)27-17-9-4-3-5-10-17)28-21(30)15-7-6-8-16(13-15)23(24,25)26/h6-8,11-14,17H,3-5,9-10H2,1-2H3,(H,27,31)(H,28,30). The number of carbonyl (C=O) groups excluding carboxylic acids is 2. The largest absolute Gasteiger partial charge is 0.416 e. The quantitative estimate of drug-likeness (QED) is 0.691. The molecule has 3 rings (SSSR count). The molecule has 31 heavy (non-hydrogen) atoms. The number of benzene rings is 2. The summed E-state index contributed by atoms with van der Waals surface area (Å²) < 4.78 is 38.8. The number of nitrogens with one attached hydrogen (secondary N) is 2. The molecule has 2 aromatic rings. The average molecular weight is 433 g/mol. The van der Waals surface area contributed by atoms with Crippen molar-refractivity contribution in [2.75, 3.05) is 24.3 Å². The van der Waals surface area contributed by atoms with Gasteiger partial charge in [-0.1, -0.05) is 25.3 Å². The van der Waals surface area contributed by atoms with Crippen molar-refractivity contribution in [3.63, 3.8) is 0 Å². The van der Waals surface area contributed by atoms with E-state index in [0.29, 0.717) is 16.9 Å². The van der Waals surface area contributed by atoms with Crippen molar-refractivity contribution in [1.82, 2.24) is 5.32 Å². The summed E-state index contributed by atoms with van der Waals surface area (Å²) in [7, 11) is 3.63. The smallest absolute Gasteiger partial charge is 0.377 e. The van der Waals surface area contributed by atoms with Crippen LogP contribution in [0.25, 0.3) is 0 Å². The van der Waals surface area contributed by atoms with Gasteiger partial charge in [-0.05, 0) is 49.2 Å². The van der Waals surface area contributed by atoms with Gasteiger partial charge in [0.15, 0.2) is 0 Å². The molecule has 1 fully saturated rings. The maximum Gasteiger partial charge on any atom is 0.416 e. The van der Waals surface area contributed by atoms with Crippen LogP contribution < -0.4 is 15.5 Å². The van der Waals surface area contributed by atoms with Gasteiger partial charge < -0.3 is 15.5 Å². The van der Waals surface area contributed by atoms with Crippen molar-refractivity contribution in [1.29, 1.82) is 0 Å². The summed E-state index contributed by atoms with van der Waals surface area (Å²) in [5.74, 6) is -0.909.